The maximum atomic E-state index is 11.8. The molecule has 0 aliphatic carbocycles. The van der Waals surface area contributed by atoms with Crippen LogP contribution >= 0.6 is 0 Å². The molecule has 0 unspecified atom stereocenters. The molecule has 1 aliphatic heterocycles. The van der Waals surface area contributed by atoms with Crippen LogP contribution in [0, 0.1) is 0 Å². The number of carboxylic acid groups (broad SMARTS) is 1. The summed E-state index contributed by atoms with van der Waals surface area (Å²) in [4.78, 5) is 16.8. The second kappa shape index (κ2) is 5.75. The lowest BCUT2D eigenvalue weighted by molar-refractivity contribution is -0.145. The lowest BCUT2D eigenvalue weighted by Crippen LogP contribution is -2.42. The highest BCUT2D eigenvalue weighted by Gasteiger charge is 2.30. The van der Waals surface area contributed by atoms with E-state index >= 15 is 0 Å². The highest BCUT2D eigenvalue weighted by molar-refractivity contribution is 5.90. The van der Waals surface area contributed by atoms with Crippen LogP contribution in [-0.2, 0) is 9.53 Å². The van der Waals surface area contributed by atoms with E-state index in [-0.39, 0.29) is 0 Å². The number of carbonyl (C=O) groups is 1. The number of methoxy groups -OCH3 is 1. The van der Waals surface area contributed by atoms with Gasteiger partial charge in [0.05, 0.1) is 20.3 Å². The van der Waals surface area contributed by atoms with E-state index in [0.29, 0.717) is 26.3 Å². The zero-order chi connectivity index (χ0) is 14.8. The number of aromatic nitrogens is 1. The van der Waals surface area contributed by atoms with Gasteiger partial charge < -0.3 is 19.6 Å². The maximum Gasteiger partial charge on any atom is 0.325 e. The molecule has 1 fully saturated rings. The van der Waals surface area contributed by atoms with Crippen LogP contribution in [0.3, 0.4) is 0 Å². The van der Waals surface area contributed by atoms with Crippen LogP contribution in [0.25, 0.3) is 10.9 Å². The van der Waals surface area contributed by atoms with Crippen molar-refractivity contribution < 1.29 is 19.4 Å². The Labute approximate surface area is 122 Å². The van der Waals surface area contributed by atoms with Crippen molar-refractivity contribution in [2.45, 2.75) is 6.04 Å². The fraction of sp³-hybridized carbons (Fsp3) is 0.400. The van der Waals surface area contributed by atoms with E-state index in [9.17, 15) is 9.90 Å². The Hall–Kier alpha value is -2.05. The molecule has 3 rings (SSSR count). The summed E-state index contributed by atoms with van der Waals surface area (Å²) in [6.07, 6.45) is 1.78. The second-order valence-electron chi connectivity index (χ2n) is 5.04. The molecule has 1 aliphatic rings. The summed E-state index contributed by atoms with van der Waals surface area (Å²) < 4.78 is 10.5. The second-order valence-corrected chi connectivity index (χ2v) is 5.04. The number of nitrogens with zero attached hydrogens (tertiary/aromatic N) is 1. The minimum atomic E-state index is -0.847. The maximum absolute atomic E-state index is 11.8. The molecule has 1 saturated heterocycles. The van der Waals surface area contributed by atoms with Crippen LogP contribution < -0.4 is 4.74 Å². The molecule has 0 amide bonds. The summed E-state index contributed by atoms with van der Waals surface area (Å²) >= 11 is 0. The Kier molecular flexibility index (Phi) is 3.81. The van der Waals surface area contributed by atoms with Gasteiger partial charge >= 0.3 is 5.97 Å². The summed E-state index contributed by atoms with van der Waals surface area (Å²) in [5.74, 6) is -0.130. The lowest BCUT2D eigenvalue weighted by atomic mass is 10.0. The number of hydrogen-bond donors (Lipinski definition) is 2. The van der Waals surface area contributed by atoms with E-state index in [1.54, 1.807) is 13.3 Å². The molecular weight excluding hydrogens is 272 g/mol. The van der Waals surface area contributed by atoms with Crippen molar-refractivity contribution in [1.29, 1.82) is 0 Å². The topological polar surface area (TPSA) is 74.8 Å². The smallest absolute Gasteiger partial charge is 0.325 e. The highest BCUT2D eigenvalue weighted by Crippen LogP contribution is 2.31. The van der Waals surface area contributed by atoms with Gasteiger partial charge in [0, 0.05) is 35.8 Å². The van der Waals surface area contributed by atoms with Crippen LogP contribution in [0.4, 0.5) is 0 Å². The van der Waals surface area contributed by atoms with Crippen molar-refractivity contribution in [2.24, 2.45) is 0 Å². The summed E-state index contributed by atoms with van der Waals surface area (Å²) in [5.41, 5.74) is 1.67. The molecule has 112 valence electrons. The minimum Gasteiger partial charge on any atom is -0.497 e. The third-order valence-electron chi connectivity index (χ3n) is 3.86. The molecule has 0 radical (unpaired) electrons. The van der Waals surface area contributed by atoms with Crippen molar-refractivity contribution in [1.82, 2.24) is 9.88 Å². The summed E-state index contributed by atoms with van der Waals surface area (Å²) in [7, 11) is 1.60. The van der Waals surface area contributed by atoms with Gasteiger partial charge in [-0.05, 0) is 18.2 Å². The van der Waals surface area contributed by atoms with Crippen molar-refractivity contribution in [3.05, 3.63) is 30.0 Å². The Morgan fingerprint density at radius 3 is 2.86 bits per heavy atom. The van der Waals surface area contributed by atoms with Gasteiger partial charge in [-0.25, -0.2) is 0 Å². The van der Waals surface area contributed by atoms with Crippen molar-refractivity contribution in [3.63, 3.8) is 0 Å². The summed E-state index contributed by atoms with van der Waals surface area (Å²) in [6, 6.07) is 4.95. The Balaban J connectivity index is 2.04. The number of H-pyrrole nitrogens is 1. The normalized spacial score (nSPS) is 17.8. The average molecular weight is 290 g/mol. The van der Waals surface area contributed by atoms with Crippen molar-refractivity contribution in [2.75, 3.05) is 33.4 Å². The number of morpholine rings is 1. The van der Waals surface area contributed by atoms with Gasteiger partial charge in [0.1, 0.15) is 11.8 Å². The van der Waals surface area contributed by atoms with Gasteiger partial charge in [-0.3, -0.25) is 9.69 Å². The molecule has 6 heteroatoms. The predicted octanol–water partition coefficient (Wildman–Crippen LogP) is 1.63. The van der Waals surface area contributed by atoms with Crippen LogP contribution in [-0.4, -0.2) is 54.4 Å². The first kappa shape index (κ1) is 13.9. The van der Waals surface area contributed by atoms with Gasteiger partial charge in [0.25, 0.3) is 0 Å². The third-order valence-corrected chi connectivity index (χ3v) is 3.86. The largest absolute Gasteiger partial charge is 0.497 e. The number of benzene rings is 1. The van der Waals surface area contributed by atoms with E-state index in [1.165, 1.54) is 0 Å². The molecule has 21 heavy (non-hydrogen) atoms. The van der Waals surface area contributed by atoms with E-state index in [2.05, 4.69) is 4.98 Å². The molecule has 1 atom stereocenters. The Morgan fingerprint density at radius 1 is 1.43 bits per heavy atom. The molecule has 6 nitrogen and oxygen atoms in total. The van der Waals surface area contributed by atoms with Gasteiger partial charge in [0.15, 0.2) is 0 Å². The molecule has 2 N–H and O–H groups in total. The van der Waals surface area contributed by atoms with Gasteiger partial charge in [-0.15, -0.1) is 0 Å². The van der Waals surface area contributed by atoms with Crippen molar-refractivity contribution in [3.8, 4) is 5.75 Å². The number of nitrogens with one attached hydrogen (secondary N) is 1. The number of ether oxygens (including phenoxy) is 2. The monoisotopic (exact) mass is 290 g/mol. The molecule has 2 heterocycles. The first-order chi connectivity index (χ1) is 10.2. The molecule has 0 spiro atoms. The number of hydrogen-bond acceptors (Lipinski definition) is 4. The molecule has 0 bridgehead atoms. The molecule has 1 aromatic carbocycles. The van der Waals surface area contributed by atoms with E-state index in [1.807, 2.05) is 23.1 Å². The lowest BCUT2D eigenvalue weighted by Gasteiger charge is -2.31. The number of rotatable bonds is 4. The number of aliphatic carboxylic acids is 1. The molecular formula is C15H18N2O4. The van der Waals surface area contributed by atoms with Gasteiger partial charge in [-0.1, -0.05) is 0 Å². The summed E-state index contributed by atoms with van der Waals surface area (Å²) in [6.45, 7) is 2.37. The Morgan fingerprint density at radius 2 is 2.19 bits per heavy atom. The first-order valence-corrected chi connectivity index (χ1v) is 6.90. The third kappa shape index (κ3) is 2.59. The van der Waals surface area contributed by atoms with Gasteiger partial charge in [-0.2, -0.15) is 0 Å². The van der Waals surface area contributed by atoms with Crippen LogP contribution in [0.1, 0.15) is 11.6 Å². The standard InChI is InChI=1S/C15H18N2O4/c1-20-10-2-3-13-11(8-10)12(9-16-13)14(15(18)19)17-4-6-21-7-5-17/h2-3,8-9,14,16H,4-7H2,1H3,(H,18,19)/t14-/m0/s1. The molecule has 1 aromatic heterocycles. The number of carboxylic acids is 1. The zero-order valence-corrected chi connectivity index (χ0v) is 11.8. The van der Waals surface area contributed by atoms with Gasteiger partial charge in [0.2, 0.25) is 0 Å². The van der Waals surface area contributed by atoms with E-state index in [4.69, 9.17) is 9.47 Å². The quantitative estimate of drug-likeness (QED) is 0.895. The fourth-order valence-electron chi connectivity index (χ4n) is 2.80. The Bertz CT molecular complexity index is 646. The van der Waals surface area contributed by atoms with Crippen LogP contribution in [0.15, 0.2) is 24.4 Å². The molecule has 0 saturated carbocycles. The first-order valence-electron chi connectivity index (χ1n) is 6.90. The van der Waals surface area contributed by atoms with E-state index < -0.39 is 12.0 Å². The fourth-order valence-corrected chi connectivity index (χ4v) is 2.80. The van der Waals surface area contributed by atoms with Crippen LogP contribution in [0.5, 0.6) is 5.75 Å². The summed E-state index contributed by atoms with van der Waals surface area (Å²) in [5, 5.41) is 10.5. The SMILES string of the molecule is COc1ccc2[nH]cc([C@@H](C(=O)O)N3CCOCC3)c2c1. The molecule has 2 aromatic rings. The zero-order valence-electron chi connectivity index (χ0n) is 11.8. The average Bonchev–Trinajstić information content (AvgIpc) is 2.91. The van der Waals surface area contributed by atoms with Crippen molar-refractivity contribution >= 4 is 16.9 Å². The predicted molar refractivity (Wildman–Crippen MR) is 77.6 cm³/mol. The highest BCUT2D eigenvalue weighted by atomic mass is 16.5. The van der Waals surface area contributed by atoms with Crippen LogP contribution in [0.2, 0.25) is 0 Å². The number of fused-ring (bicyclic) bond motifs is 1. The number of aromatic amines is 1. The minimum absolute atomic E-state index is 0.565. The van der Waals surface area contributed by atoms with E-state index in [0.717, 1.165) is 22.2 Å².